The fraction of sp³-hybridized carbons (Fsp3) is 0.227. The summed E-state index contributed by atoms with van der Waals surface area (Å²) in [5.74, 6) is -0.299. The Bertz CT molecular complexity index is 1020. The summed E-state index contributed by atoms with van der Waals surface area (Å²) in [7, 11) is 0. The number of thiazole rings is 1. The van der Waals surface area contributed by atoms with Crippen LogP contribution in [0, 0.1) is 5.82 Å². The molecular formula is C22H20FN3O2S. The van der Waals surface area contributed by atoms with E-state index in [2.05, 4.69) is 10.3 Å². The first-order valence-corrected chi connectivity index (χ1v) is 10.3. The molecule has 0 radical (unpaired) electrons. The molecule has 0 aliphatic carbocycles. The SMILES string of the molecule is O=C(Nc1ncc(Cc2ccc(F)cc2)s1)c1ccc(CN2CCCC2=O)cc1. The van der Waals surface area contributed by atoms with Crippen molar-refractivity contribution in [3.05, 3.63) is 82.1 Å². The topological polar surface area (TPSA) is 62.3 Å². The van der Waals surface area contributed by atoms with Crippen molar-refractivity contribution in [3.8, 4) is 0 Å². The monoisotopic (exact) mass is 409 g/mol. The molecule has 5 nitrogen and oxygen atoms in total. The Morgan fingerprint density at radius 1 is 1.10 bits per heavy atom. The van der Waals surface area contributed by atoms with Crippen LogP contribution in [0.4, 0.5) is 9.52 Å². The summed E-state index contributed by atoms with van der Waals surface area (Å²) in [6.07, 6.45) is 3.89. The van der Waals surface area contributed by atoms with Crippen LogP contribution in [0.2, 0.25) is 0 Å². The molecule has 2 heterocycles. The first-order chi connectivity index (χ1) is 14.1. The fourth-order valence-corrected chi connectivity index (χ4v) is 4.11. The van der Waals surface area contributed by atoms with Gasteiger partial charge in [-0.05, 0) is 41.8 Å². The molecule has 1 fully saturated rings. The molecule has 0 saturated carbocycles. The van der Waals surface area contributed by atoms with E-state index in [1.807, 2.05) is 17.0 Å². The lowest BCUT2D eigenvalue weighted by Crippen LogP contribution is -2.23. The van der Waals surface area contributed by atoms with Crippen molar-refractivity contribution in [2.45, 2.75) is 25.8 Å². The number of anilines is 1. The maximum Gasteiger partial charge on any atom is 0.257 e. The molecule has 2 amide bonds. The number of aromatic nitrogens is 1. The second kappa shape index (κ2) is 8.53. The van der Waals surface area contributed by atoms with E-state index < -0.39 is 0 Å². The summed E-state index contributed by atoms with van der Waals surface area (Å²) in [5.41, 5.74) is 2.53. The van der Waals surface area contributed by atoms with Gasteiger partial charge in [0, 0.05) is 42.6 Å². The van der Waals surface area contributed by atoms with Crippen LogP contribution in [-0.2, 0) is 17.8 Å². The summed E-state index contributed by atoms with van der Waals surface area (Å²) in [6.45, 7) is 1.38. The van der Waals surface area contributed by atoms with Crippen molar-refractivity contribution in [1.29, 1.82) is 0 Å². The normalized spacial score (nSPS) is 13.7. The molecule has 1 aromatic heterocycles. The third-order valence-electron chi connectivity index (χ3n) is 4.83. The van der Waals surface area contributed by atoms with Crippen LogP contribution < -0.4 is 5.32 Å². The van der Waals surface area contributed by atoms with Crippen LogP contribution in [0.3, 0.4) is 0 Å². The maximum absolute atomic E-state index is 13.0. The van der Waals surface area contributed by atoms with Crippen molar-refractivity contribution in [3.63, 3.8) is 0 Å². The van der Waals surface area contributed by atoms with Gasteiger partial charge in [0.25, 0.3) is 5.91 Å². The molecule has 2 aromatic carbocycles. The van der Waals surface area contributed by atoms with E-state index in [4.69, 9.17) is 0 Å². The van der Waals surface area contributed by atoms with Crippen LogP contribution in [0.25, 0.3) is 0 Å². The molecule has 0 unspecified atom stereocenters. The zero-order chi connectivity index (χ0) is 20.2. The van der Waals surface area contributed by atoms with E-state index in [9.17, 15) is 14.0 Å². The van der Waals surface area contributed by atoms with Gasteiger partial charge in [-0.2, -0.15) is 0 Å². The lowest BCUT2D eigenvalue weighted by Gasteiger charge is -2.15. The number of benzene rings is 2. The van der Waals surface area contributed by atoms with Crippen LogP contribution in [0.1, 0.15) is 39.2 Å². The van der Waals surface area contributed by atoms with Gasteiger partial charge in [0.1, 0.15) is 5.82 Å². The molecule has 0 spiro atoms. The Morgan fingerprint density at radius 2 is 1.83 bits per heavy atom. The number of rotatable bonds is 6. The summed E-state index contributed by atoms with van der Waals surface area (Å²) in [4.78, 5) is 31.3. The van der Waals surface area contributed by atoms with Gasteiger partial charge in [-0.15, -0.1) is 11.3 Å². The quantitative estimate of drug-likeness (QED) is 0.662. The van der Waals surface area contributed by atoms with Gasteiger partial charge in [0.15, 0.2) is 5.13 Å². The maximum atomic E-state index is 13.0. The molecule has 0 atom stereocenters. The second-order valence-electron chi connectivity index (χ2n) is 7.00. The third kappa shape index (κ3) is 4.86. The summed E-state index contributed by atoms with van der Waals surface area (Å²) in [5, 5.41) is 3.34. The van der Waals surface area contributed by atoms with Crippen molar-refractivity contribution >= 4 is 28.3 Å². The number of halogens is 1. The molecule has 4 rings (SSSR count). The lowest BCUT2D eigenvalue weighted by atomic mass is 10.1. The number of carbonyl (C=O) groups excluding carboxylic acids is 2. The first-order valence-electron chi connectivity index (χ1n) is 9.44. The number of carbonyl (C=O) groups is 2. The molecule has 29 heavy (non-hydrogen) atoms. The largest absolute Gasteiger partial charge is 0.338 e. The predicted molar refractivity (Wildman–Crippen MR) is 110 cm³/mol. The number of likely N-dealkylation sites (tertiary alicyclic amines) is 1. The van der Waals surface area contributed by atoms with Crippen molar-refractivity contribution in [1.82, 2.24) is 9.88 Å². The Kier molecular flexibility index (Phi) is 5.67. The lowest BCUT2D eigenvalue weighted by molar-refractivity contribution is -0.128. The van der Waals surface area contributed by atoms with Crippen LogP contribution in [0.5, 0.6) is 0 Å². The van der Waals surface area contributed by atoms with E-state index in [1.165, 1.54) is 23.5 Å². The minimum atomic E-state index is -0.260. The highest BCUT2D eigenvalue weighted by atomic mass is 32.1. The van der Waals surface area contributed by atoms with Crippen LogP contribution >= 0.6 is 11.3 Å². The minimum absolute atomic E-state index is 0.187. The van der Waals surface area contributed by atoms with Crippen molar-refractivity contribution in [2.24, 2.45) is 0 Å². The Labute approximate surface area is 172 Å². The highest BCUT2D eigenvalue weighted by Crippen LogP contribution is 2.22. The van der Waals surface area contributed by atoms with Gasteiger partial charge in [-0.3, -0.25) is 14.9 Å². The average Bonchev–Trinajstić information content (AvgIpc) is 3.33. The van der Waals surface area contributed by atoms with Crippen molar-refractivity contribution < 1.29 is 14.0 Å². The van der Waals surface area contributed by atoms with Gasteiger partial charge in [0.05, 0.1) is 0 Å². The zero-order valence-corrected chi connectivity index (χ0v) is 16.5. The molecule has 1 aliphatic heterocycles. The first kappa shape index (κ1) is 19.3. The fourth-order valence-electron chi connectivity index (χ4n) is 3.27. The van der Waals surface area contributed by atoms with Crippen molar-refractivity contribution in [2.75, 3.05) is 11.9 Å². The molecular weight excluding hydrogens is 389 g/mol. The Balaban J connectivity index is 1.35. The smallest absolute Gasteiger partial charge is 0.257 e. The Hall–Kier alpha value is -3.06. The van der Waals surface area contributed by atoms with Crippen LogP contribution in [0.15, 0.2) is 54.7 Å². The molecule has 1 aliphatic rings. The number of amides is 2. The molecule has 3 aromatic rings. The van der Waals surface area contributed by atoms with Gasteiger partial charge in [-0.1, -0.05) is 24.3 Å². The molecule has 1 saturated heterocycles. The van der Waals surface area contributed by atoms with Gasteiger partial charge < -0.3 is 4.90 Å². The van der Waals surface area contributed by atoms with E-state index >= 15 is 0 Å². The number of nitrogens with one attached hydrogen (secondary N) is 1. The Morgan fingerprint density at radius 3 is 2.52 bits per heavy atom. The zero-order valence-electron chi connectivity index (χ0n) is 15.7. The summed E-state index contributed by atoms with van der Waals surface area (Å²) < 4.78 is 13.0. The van der Waals surface area contributed by atoms with E-state index in [0.29, 0.717) is 30.1 Å². The predicted octanol–water partition coefficient (Wildman–Crippen LogP) is 4.25. The molecule has 148 valence electrons. The second-order valence-corrected chi connectivity index (χ2v) is 8.12. The van der Waals surface area contributed by atoms with Gasteiger partial charge in [-0.25, -0.2) is 9.37 Å². The van der Waals surface area contributed by atoms with E-state index in [1.54, 1.807) is 30.5 Å². The standard InChI is InChI=1S/C22H20FN3O2S/c23-18-9-5-15(6-10-18)12-19-13-24-22(29-19)25-21(28)17-7-3-16(4-8-17)14-26-11-1-2-20(26)27/h3-10,13H,1-2,11-12,14H2,(H,24,25,28). The minimum Gasteiger partial charge on any atom is -0.338 e. The van der Waals surface area contributed by atoms with Gasteiger partial charge >= 0.3 is 0 Å². The molecule has 1 N–H and O–H groups in total. The molecule has 7 heteroatoms. The highest BCUT2D eigenvalue weighted by Gasteiger charge is 2.20. The number of hydrogen-bond donors (Lipinski definition) is 1. The molecule has 0 bridgehead atoms. The highest BCUT2D eigenvalue weighted by molar-refractivity contribution is 7.15. The number of hydrogen-bond acceptors (Lipinski definition) is 4. The summed E-state index contributed by atoms with van der Waals surface area (Å²) >= 11 is 1.40. The van der Waals surface area contributed by atoms with Crippen LogP contribution in [-0.4, -0.2) is 28.2 Å². The average molecular weight is 409 g/mol. The summed E-state index contributed by atoms with van der Waals surface area (Å²) in [6, 6.07) is 13.6. The number of nitrogens with zero attached hydrogens (tertiary/aromatic N) is 2. The van der Waals surface area contributed by atoms with Gasteiger partial charge in [0.2, 0.25) is 5.91 Å². The van der Waals surface area contributed by atoms with E-state index in [-0.39, 0.29) is 17.6 Å². The third-order valence-corrected chi connectivity index (χ3v) is 5.74. The van der Waals surface area contributed by atoms with E-state index in [0.717, 1.165) is 29.0 Å².